The number of aromatic nitrogens is 3. The Morgan fingerprint density at radius 1 is 1.30 bits per heavy atom. The molecule has 0 amide bonds. The maximum Gasteiger partial charge on any atom is 0.433 e. The number of rotatable bonds is 5. The maximum atomic E-state index is 12.6. The van der Waals surface area contributed by atoms with E-state index < -0.39 is 11.9 Å². The molecule has 2 aromatic heterocycles. The summed E-state index contributed by atoms with van der Waals surface area (Å²) in [5, 5.41) is 6.35. The predicted octanol–water partition coefficient (Wildman–Crippen LogP) is 2.84. The normalized spacial score (nSPS) is 11.6. The van der Waals surface area contributed by atoms with Gasteiger partial charge in [-0.1, -0.05) is 5.16 Å². The molecule has 2 aromatic rings. The molecule has 0 saturated heterocycles. The summed E-state index contributed by atoms with van der Waals surface area (Å²) in [7, 11) is 0. The van der Waals surface area contributed by atoms with Gasteiger partial charge in [-0.15, -0.1) is 0 Å². The molecule has 0 bridgehead atoms. The van der Waals surface area contributed by atoms with E-state index in [1.165, 1.54) is 13.2 Å². The first-order chi connectivity index (χ1) is 9.45. The van der Waals surface area contributed by atoms with Gasteiger partial charge in [-0.2, -0.15) is 13.2 Å². The second-order valence-electron chi connectivity index (χ2n) is 4.28. The van der Waals surface area contributed by atoms with Crippen LogP contribution in [0.25, 0.3) is 0 Å². The van der Waals surface area contributed by atoms with Gasteiger partial charge in [-0.25, -0.2) is 9.97 Å². The first kappa shape index (κ1) is 14.3. The summed E-state index contributed by atoms with van der Waals surface area (Å²) in [5.74, 6) is -0.0114. The Morgan fingerprint density at radius 2 is 2.10 bits per heavy atom. The number of nitrogens with one attached hydrogen (secondary N) is 1. The second-order valence-corrected chi connectivity index (χ2v) is 4.28. The minimum atomic E-state index is -4.47. The van der Waals surface area contributed by atoms with E-state index in [4.69, 9.17) is 0 Å². The Kier molecular flexibility index (Phi) is 4.21. The van der Waals surface area contributed by atoms with Crippen molar-refractivity contribution in [3.63, 3.8) is 0 Å². The average molecular weight is 286 g/mol. The Morgan fingerprint density at radius 3 is 2.75 bits per heavy atom. The highest BCUT2D eigenvalue weighted by Crippen LogP contribution is 2.28. The molecule has 0 aliphatic carbocycles. The first-order valence-electron chi connectivity index (χ1n) is 6.00. The first-order valence-corrected chi connectivity index (χ1v) is 6.00. The van der Waals surface area contributed by atoms with Crippen LogP contribution in [0.5, 0.6) is 0 Å². The molecule has 0 saturated carbocycles. The van der Waals surface area contributed by atoms with Gasteiger partial charge in [0.1, 0.15) is 12.0 Å². The van der Waals surface area contributed by atoms with Crippen molar-refractivity contribution in [3.05, 3.63) is 35.5 Å². The van der Waals surface area contributed by atoms with Crippen molar-refractivity contribution in [2.24, 2.45) is 0 Å². The van der Waals surface area contributed by atoms with E-state index in [1.807, 2.05) is 0 Å². The third-order valence-electron chi connectivity index (χ3n) is 2.55. The second kappa shape index (κ2) is 5.89. The molecule has 0 spiro atoms. The van der Waals surface area contributed by atoms with Gasteiger partial charge >= 0.3 is 6.18 Å². The fraction of sp³-hybridized carbons (Fsp3) is 0.417. The van der Waals surface area contributed by atoms with Crippen LogP contribution in [0.3, 0.4) is 0 Å². The topological polar surface area (TPSA) is 63.8 Å². The Hall–Kier alpha value is -2.12. The zero-order valence-electron chi connectivity index (χ0n) is 10.7. The van der Waals surface area contributed by atoms with Crippen molar-refractivity contribution >= 4 is 5.95 Å². The van der Waals surface area contributed by atoms with Crippen LogP contribution in [-0.2, 0) is 12.6 Å². The molecule has 5 nitrogen and oxygen atoms in total. The van der Waals surface area contributed by atoms with Crippen LogP contribution in [-0.4, -0.2) is 21.7 Å². The van der Waals surface area contributed by atoms with Crippen molar-refractivity contribution in [2.45, 2.75) is 25.9 Å². The molecule has 0 aliphatic rings. The molecule has 20 heavy (non-hydrogen) atoms. The van der Waals surface area contributed by atoms with Crippen molar-refractivity contribution in [2.75, 3.05) is 11.9 Å². The Balaban J connectivity index is 1.91. The summed E-state index contributed by atoms with van der Waals surface area (Å²) in [5.41, 5.74) is 0.272. The maximum absolute atomic E-state index is 12.6. The number of hydrogen-bond acceptors (Lipinski definition) is 5. The highest BCUT2D eigenvalue weighted by Gasteiger charge is 2.33. The van der Waals surface area contributed by atoms with E-state index in [-0.39, 0.29) is 11.6 Å². The largest absolute Gasteiger partial charge is 0.433 e. The molecule has 0 atom stereocenters. The lowest BCUT2D eigenvalue weighted by Gasteiger charge is -2.10. The zero-order valence-corrected chi connectivity index (χ0v) is 10.7. The molecule has 1 N–H and O–H groups in total. The van der Waals surface area contributed by atoms with Crippen LogP contribution in [0.2, 0.25) is 0 Å². The fourth-order valence-electron chi connectivity index (χ4n) is 1.64. The van der Waals surface area contributed by atoms with Gasteiger partial charge < -0.3 is 9.84 Å². The summed E-state index contributed by atoms with van der Waals surface area (Å²) in [6, 6.07) is 0.919. The minimum absolute atomic E-state index is 0.0114. The molecule has 0 fully saturated rings. The van der Waals surface area contributed by atoms with E-state index in [0.29, 0.717) is 19.4 Å². The minimum Gasteiger partial charge on any atom is -0.364 e. The molecular formula is C12H13F3N4O. The third-order valence-corrected chi connectivity index (χ3v) is 2.55. The van der Waals surface area contributed by atoms with Gasteiger partial charge in [0.25, 0.3) is 0 Å². The Bertz CT molecular complexity index is 554. The van der Waals surface area contributed by atoms with E-state index in [1.54, 1.807) is 6.20 Å². The molecule has 2 heterocycles. The molecule has 108 valence electrons. The average Bonchev–Trinajstić information content (AvgIpc) is 2.86. The molecule has 0 aliphatic heterocycles. The molecule has 0 aromatic carbocycles. The standard InChI is InChI=1S/C12H13F3N4O/c1-8-5-10(12(13,14)15)19-11(18-8)16-4-2-3-9-6-17-20-7-9/h5-7H,2-4H2,1H3,(H,16,18,19). The summed E-state index contributed by atoms with van der Waals surface area (Å²) in [6.07, 6.45) is 0.0940. The smallest absolute Gasteiger partial charge is 0.364 e. The predicted molar refractivity (Wildman–Crippen MR) is 65.1 cm³/mol. The number of hydrogen-bond donors (Lipinski definition) is 1. The van der Waals surface area contributed by atoms with Crippen LogP contribution in [0.15, 0.2) is 23.0 Å². The van der Waals surface area contributed by atoms with Crippen LogP contribution in [0, 0.1) is 6.92 Å². The highest BCUT2D eigenvalue weighted by atomic mass is 19.4. The van der Waals surface area contributed by atoms with Crippen molar-refractivity contribution < 1.29 is 17.7 Å². The quantitative estimate of drug-likeness (QED) is 0.856. The lowest BCUT2D eigenvalue weighted by atomic mass is 10.2. The van der Waals surface area contributed by atoms with E-state index in [2.05, 4.69) is 25.0 Å². The summed E-state index contributed by atoms with van der Waals surface area (Å²) < 4.78 is 42.4. The fourth-order valence-corrected chi connectivity index (χ4v) is 1.64. The van der Waals surface area contributed by atoms with Crippen LogP contribution < -0.4 is 5.32 Å². The van der Waals surface area contributed by atoms with Gasteiger partial charge in [0.2, 0.25) is 5.95 Å². The summed E-state index contributed by atoms with van der Waals surface area (Å²) >= 11 is 0. The summed E-state index contributed by atoms with van der Waals surface area (Å²) in [6.45, 7) is 1.96. The summed E-state index contributed by atoms with van der Waals surface area (Å²) in [4.78, 5) is 7.39. The van der Waals surface area contributed by atoms with Gasteiger partial charge in [0.05, 0.1) is 6.20 Å². The van der Waals surface area contributed by atoms with Crippen molar-refractivity contribution in [3.8, 4) is 0 Å². The van der Waals surface area contributed by atoms with Crippen molar-refractivity contribution in [1.29, 1.82) is 0 Å². The number of alkyl halides is 3. The molecule has 0 unspecified atom stereocenters. The lowest BCUT2D eigenvalue weighted by molar-refractivity contribution is -0.141. The molecule has 0 radical (unpaired) electrons. The van der Waals surface area contributed by atoms with Crippen LogP contribution >= 0.6 is 0 Å². The van der Waals surface area contributed by atoms with Crippen molar-refractivity contribution in [1.82, 2.24) is 15.1 Å². The third kappa shape index (κ3) is 3.94. The molecular weight excluding hydrogens is 273 g/mol. The van der Waals surface area contributed by atoms with E-state index in [0.717, 1.165) is 11.6 Å². The van der Waals surface area contributed by atoms with E-state index >= 15 is 0 Å². The van der Waals surface area contributed by atoms with Crippen LogP contribution in [0.4, 0.5) is 19.1 Å². The van der Waals surface area contributed by atoms with E-state index in [9.17, 15) is 13.2 Å². The number of nitrogens with zero attached hydrogens (tertiary/aromatic N) is 3. The van der Waals surface area contributed by atoms with Crippen LogP contribution in [0.1, 0.15) is 23.4 Å². The molecule has 2 rings (SSSR count). The van der Waals surface area contributed by atoms with Gasteiger partial charge in [-0.05, 0) is 25.8 Å². The lowest BCUT2D eigenvalue weighted by Crippen LogP contribution is -2.13. The Labute approximate surface area is 113 Å². The number of halogens is 3. The SMILES string of the molecule is Cc1cc(C(F)(F)F)nc(NCCCc2cnoc2)n1. The molecule has 8 heteroatoms. The van der Waals surface area contributed by atoms with Gasteiger partial charge in [0.15, 0.2) is 0 Å². The zero-order chi connectivity index (χ0) is 14.6. The highest BCUT2D eigenvalue weighted by molar-refractivity contribution is 5.29. The van der Waals surface area contributed by atoms with Gasteiger partial charge in [0, 0.05) is 17.8 Å². The number of anilines is 1. The monoisotopic (exact) mass is 286 g/mol. The number of aryl methyl sites for hydroxylation is 2. The van der Waals surface area contributed by atoms with Gasteiger partial charge in [-0.3, -0.25) is 0 Å².